The zero-order chi connectivity index (χ0) is 19.2. The summed E-state index contributed by atoms with van der Waals surface area (Å²) in [6, 6.07) is 9.42. The second-order valence-electron chi connectivity index (χ2n) is 6.36. The highest BCUT2D eigenvalue weighted by molar-refractivity contribution is 6.04. The molecule has 27 heavy (non-hydrogen) atoms. The summed E-state index contributed by atoms with van der Waals surface area (Å²) in [5, 5.41) is 17.7. The second-order valence-corrected chi connectivity index (χ2v) is 6.36. The molecular formula is C19H13F3N2O3. The number of halogens is 3. The highest BCUT2D eigenvalue weighted by Gasteiger charge is 2.31. The van der Waals surface area contributed by atoms with Gasteiger partial charge >= 0.3 is 12.1 Å². The first-order valence-electron chi connectivity index (χ1n) is 8.21. The molecule has 4 rings (SSSR count). The molecule has 1 heterocycles. The molecule has 1 aliphatic rings. The van der Waals surface area contributed by atoms with Crippen LogP contribution in [0, 0.1) is 0 Å². The molecule has 138 valence electrons. The molecule has 0 bridgehead atoms. The Hall–Kier alpha value is -3.16. The molecule has 5 nitrogen and oxygen atoms in total. The minimum atomic E-state index is -4.54. The van der Waals surface area contributed by atoms with Crippen molar-refractivity contribution in [3.8, 4) is 11.6 Å². The van der Waals surface area contributed by atoms with E-state index in [1.807, 2.05) is 6.07 Å². The van der Waals surface area contributed by atoms with E-state index in [0.717, 1.165) is 30.5 Å². The summed E-state index contributed by atoms with van der Waals surface area (Å²) < 4.78 is 43.9. The molecule has 0 radical (unpaired) electrons. The summed E-state index contributed by atoms with van der Waals surface area (Å²) in [5.74, 6) is -1.36. The summed E-state index contributed by atoms with van der Waals surface area (Å²) in [6.45, 7) is 0. The third kappa shape index (κ3) is 3.42. The van der Waals surface area contributed by atoms with Crippen molar-refractivity contribution in [3.05, 3.63) is 59.2 Å². The highest BCUT2D eigenvalue weighted by atomic mass is 19.4. The second kappa shape index (κ2) is 6.22. The number of hydrogen-bond acceptors (Lipinski definition) is 4. The molecular weight excluding hydrogens is 361 g/mol. The quantitative estimate of drug-likeness (QED) is 0.694. The topological polar surface area (TPSA) is 72.3 Å². The van der Waals surface area contributed by atoms with Crippen LogP contribution in [0.25, 0.3) is 10.9 Å². The van der Waals surface area contributed by atoms with Crippen molar-refractivity contribution in [2.24, 2.45) is 0 Å². The molecule has 1 aromatic heterocycles. The number of ether oxygens (including phenoxy) is 1. The molecule has 1 aliphatic carbocycles. The lowest BCUT2D eigenvalue weighted by atomic mass is 10.0. The molecule has 0 unspecified atom stereocenters. The van der Waals surface area contributed by atoms with Crippen molar-refractivity contribution in [3.63, 3.8) is 0 Å². The summed E-state index contributed by atoms with van der Waals surface area (Å²) in [6.07, 6.45) is -2.37. The number of carboxylic acids is 1. The normalized spacial score (nSPS) is 14.3. The fourth-order valence-electron chi connectivity index (χ4n) is 2.90. The molecule has 1 fully saturated rings. The van der Waals surface area contributed by atoms with Crippen LogP contribution in [0.2, 0.25) is 0 Å². The lowest BCUT2D eigenvalue weighted by molar-refractivity contribution is -0.137. The first-order chi connectivity index (χ1) is 12.8. The zero-order valence-electron chi connectivity index (χ0n) is 13.8. The summed E-state index contributed by atoms with van der Waals surface area (Å²) in [4.78, 5) is 11.8. The van der Waals surface area contributed by atoms with E-state index in [9.17, 15) is 23.1 Å². The molecule has 0 aliphatic heterocycles. The predicted molar refractivity (Wildman–Crippen MR) is 90.0 cm³/mol. The number of nitrogens with zero attached hydrogens (tertiary/aromatic N) is 2. The van der Waals surface area contributed by atoms with Gasteiger partial charge in [0.2, 0.25) is 0 Å². The minimum Gasteiger partial charge on any atom is -0.477 e. The largest absolute Gasteiger partial charge is 0.477 e. The van der Waals surface area contributed by atoms with E-state index in [-0.39, 0.29) is 17.2 Å². The van der Waals surface area contributed by atoms with Gasteiger partial charge in [0.15, 0.2) is 0 Å². The molecule has 1 saturated carbocycles. The Labute approximate surface area is 151 Å². The number of fused-ring (bicyclic) bond motifs is 1. The fourth-order valence-corrected chi connectivity index (χ4v) is 2.90. The molecule has 0 saturated heterocycles. The van der Waals surface area contributed by atoms with E-state index < -0.39 is 17.7 Å². The van der Waals surface area contributed by atoms with Gasteiger partial charge in [0.25, 0.3) is 5.88 Å². The van der Waals surface area contributed by atoms with Crippen LogP contribution in [-0.4, -0.2) is 21.3 Å². The smallest absolute Gasteiger partial charge is 0.416 e. The molecule has 3 aromatic rings. The molecule has 2 aromatic carbocycles. The Morgan fingerprint density at radius 1 is 1.11 bits per heavy atom. The highest BCUT2D eigenvalue weighted by Crippen LogP contribution is 2.41. The number of carbonyl (C=O) groups is 1. The van der Waals surface area contributed by atoms with E-state index in [2.05, 4.69) is 10.2 Å². The number of aromatic nitrogens is 2. The summed E-state index contributed by atoms with van der Waals surface area (Å²) in [7, 11) is 0. The van der Waals surface area contributed by atoms with Crippen molar-refractivity contribution in [1.29, 1.82) is 0 Å². The standard InChI is InChI=1S/C19H13F3N2O3/c20-19(21,22)12-2-1-3-13(9-12)27-17-16(18(25)26)14-7-6-11(10-4-5-10)8-15(14)23-24-17/h1-3,6-10H,4-5H2,(H,25,26). The number of hydrogen-bond donors (Lipinski definition) is 1. The SMILES string of the molecule is O=C(O)c1c(Oc2cccc(C(F)(F)F)c2)nnc2cc(C3CC3)ccc12. The van der Waals surface area contributed by atoms with Gasteiger partial charge in [-0.05, 0) is 48.6 Å². The van der Waals surface area contributed by atoms with Crippen LogP contribution < -0.4 is 4.74 Å². The van der Waals surface area contributed by atoms with E-state index in [1.165, 1.54) is 12.1 Å². The maximum atomic E-state index is 12.9. The summed E-state index contributed by atoms with van der Waals surface area (Å²) in [5.41, 5.74) is 0.340. The Bertz CT molecular complexity index is 1050. The van der Waals surface area contributed by atoms with E-state index in [4.69, 9.17) is 4.74 Å². The van der Waals surface area contributed by atoms with Crippen molar-refractivity contribution in [1.82, 2.24) is 10.2 Å². The third-order valence-corrected chi connectivity index (χ3v) is 4.39. The molecule has 0 amide bonds. The van der Waals surface area contributed by atoms with Crippen LogP contribution in [0.15, 0.2) is 42.5 Å². The first kappa shape index (κ1) is 17.3. The average molecular weight is 374 g/mol. The van der Waals surface area contributed by atoms with Crippen molar-refractivity contribution < 1.29 is 27.8 Å². The number of alkyl halides is 3. The van der Waals surface area contributed by atoms with Crippen LogP contribution in [0.1, 0.15) is 40.2 Å². The fraction of sp³-hybridized carbons (Fsp3) is 0.211. The van der Waals surface area contributed by atoms with Crippen LogP contribution in [0.5, 0.6) is 11.6 Å². The average Bonchev–Trinajstić information content (AvgIpc) is 3.45. The van der Waals surface area contributed by atoms with Crippen LogP contribution in [0.4, 0.5) is 13.2 Å². The van der Waals surface area contributed by atoms with E-state index >= 15 is 0 Å². The van der Waals surface area contributed by atoms with Gasteiger partial charge in [-0.25, -0.2) is 4.79 Å². The maximum absolute atomic E-state index is 12.9. The van der Waals surface area contributed by atoms with E-state index in [0.29, 0.717) is 16.8 Å². The Balaban J connectivity index is 1.76. The lowest BCUT2D eigenvalue weighted by Crippen LogP contribution is -2.07. The van der Waals surface area contributed by atoms with Gasteiger partial charge in [-0.15, -0.1) is 10.2 Å². The van der Waals surface area contributed by atoms with Gasteiger partial charge in [0.05, 0.1) is 11.1 Å². The number of carboxylic acid groups (broad SMARTS) is 1. The van der Waals surface area contributed by atoms with Gasteiger partial charge in [-0.3, -0.25) is 0 Å². The molecule has 1 N–H and O–H groups in total. The lowest BCUT2D eigenvalue weighted by Gasteiger charge is -2.12. The van der Waals surface area contributed by atoms with Crippen molar-refractivity contribution in [2.75, 3.05) is 0 Å². The van der Waals surface area contributed by atoms with Gasteiger partial charge < -0.3 is 9.84 Å². The first-order valence-corrected chi connectivity index (χ1v) is 8.21. The Morgan fingerprint density at radius 2 is 1.89 bits per heavy atom. The van der Waals surface area contributed by atoms with Crippen molar-refractivity contribution >= 4 is 16.9 Å². The van der Waals surface area contributed by atoms with Crippen LogP contribution in [-0.2, 0) is 6.18 Å². The van der Waals surface area contributed by atoms with Gasteiger partial charge in [0, 0.05) is 5.39 Å². The molecule has 0 spiro atoms. The minimum absolute atomic E-state index is 0.171. The van der Waals surface area contributed by atoms with Gasteiger partial charge in [-0.2, -0.15) is 13.2 Å². The third-order valence-electron chi connectivity index (χ3n) is 4.39. The van der Waals surface area contributed by atoms with E-state index in [1.54, 1.807) is 12.1 Å². The molecule has 0 atom stereocenters. The zero-order valence-corrected chi connectivity index (χ0v) is 13.8. The number of aromatic carboxylic acids is 1. The predicted octanol–water partition coefficient (Wildman–Crippen LogP) is 5.02. The van der Waals surface area contributed by atoms with Gasteiger partial charge in [0.1, 0.15) is 11.3 Å². The maximum Gasteiger partial charge on any atom is 0.416 e. The Morgan fingerprint density at radius 3 is 2.56 bits per heavy atom. The summed E-state index contributed by atoms with van der Waals surface area (Å²) >= 11 is 0. The van der Waals surface area contributed by atoms with Crippen molar-refractivity contribution in [2.45, 2.75) is 24.9 Å². The number of rotatable bonds is 4. The Kier molecular flexibility index (Phi) is 3.98. The number of benzene rings is 2. The van der Waals surface area contributed by atoms with Gasteiger partial charge in [-0.1, -0.05) is 18.2 Å². The van der Waals surface area contributed by atoms with Crippen LogP contribution >= 0.6 is 0 Å². The van der Waals surface area contributed by atoms with Crippen LogP contribution in [0.3, 0.4) is 0 Å². The molecule has 8 heteroatoms. The monoisotopic (exact) mass is 374 g/mol.